The average Bonchev–Trinajstić information content (AvgIpc) is 2.88. The first kappa shape index (κ1) is 17.5. The van der Waals surface area contributed by atoms with Gasteiger partial charge in [-0.1, -0.05) is 47.1 Å². The molecular weight excluding hydrogens is 352 g/mol. The van der Waals surface area contributed by atoms with Crippen molar-refractivity contribution in [2.45, 2.75) is 26.8 Å². The van der Waals surface area contributed by atoms with Crippen LogP contribution in [0.2, 0.25) is 5.02 Å². The van der Waals surface area contributed by atoms with Crippen molar-refractivity contribution in [3.05, 3.63) is 62.9 Å². The van der Waals surface area contributed by atoms with Crippen LogP contribution < -0.4 is 4.80 Å². The fraction of sp³-hybridized carbons (Fsp3) is 0.200. The van der Waals surface area contributed by atoms with Gasteiger partial charge in [0, 0.05) is 5.02 Å². The quantitative estimate of drug-likeness (QED) is 0.635. The van der Waals surface area contributed by atoms with E-state index in [1.54, 1.807) is 0 Å². The second kappa shape index (κ2) is 7.26. The summed E-state index contributed by atoms with van der Waals surface area (Å²) in [5.41, 5.74) is 4.28. The molecule has 0 N–H and O–H groups in total. The monoisotopic (exact) mass is 368 g/mol. The Morgan fingerprint density at radius 1 is 1.24 bits per heavy atom. The fourth-order valence-corrected chi connectivity index (χ4v) is 3.93. The van der Waals surface area contributed by atoms with Crippen LogP contribution in [0.5, 0.6) is 0 Å². The zero-order valence-electron chi connectivity index (χ0n) is 14.0. The van der Waals surface area contributed by atoms with Crippen molar-refractivity contribution < 1.29 is 4.79 Å². The highest BCUT2D eigenvalue weighted by atomic mass is 35.5. The van der Waals surface area contributed by atoms with E-state index in [-0.39, 0.29) is 12.3 Å². The SMILES string of the molecule is C#CCn1c(=NC(=O)Cc2ccc(C)c(C)c2)sc2cc(Cl)ccc21. The number of thiazole rings is 1. The molecule has 5 heteroatoms. The number of hydrogen-bond donors (Lipinski definition) is 0. The number of amides is 1. The molecule has 2 aromatic carbocycles. The van der Waals surface area contributed by atoms with E-state index < -0.39 is 0 Å². The maximum absolute atomic E-state index is 12.4. The lowest BCUT2D eigenvalue weighted by molar-refractivity contribution is -0.117. The summed E-state index contributed by atoms with van der Waals surface area (Å²) in [6.07, 6.45) is 5.75. The van der Waals surface area contributed by atoms with Gasteiger partial charge in [-0.05, 0) is 48.7 Å². The van der Waals surface area contributed by atoms with Crippen LogP contribution in [-0.2, 0) is 17.8 Å². The Morgan fingerprint density at radius 3 is 2.76 bits per heavy atom. The number of carbonyl (C=O) groups is 1. The fourth-order valence-electron chi connectivity index (χ4n) is 2.61. The number of terminal acetylenes is 1. The van der Waals surface area contributed by atoms with Gasteiger partial charge in [0.1, 0.15) is 0 Å². The van der Waals surface area contributed by atoms with Gasteiger partial charge in [0.15, 0.2) is 4.80 Å². The Labute approximate surface area is 155 Å². The molecule has 0 aliphatic carbocycles. The molecule has 0 radical (unpaired) electrons. The van der Waals surface area contributed by atoms with Gasteiger partial charge >= 0.3 is 0 Å². The van der Waals surface area contributed by atoms with Crippen molar-refractivity contribution in [1.82, 2.24) is 4.57 Å². The molecule has 0 fully saturated rings. The lowest BCUT2D eigenvalue weighted by Gasteiger charge is -2.03. The van der Waals surface area contributed by atoms with Gasteiger partial charge in [-0.3, -0.25) is 4.79 Å². The molecule has 0 saturated carbocycles. The standard InChI is InChI=1S/C20H17ClN2OS/c1-4-9-23-17-8-7-16(21)12-18(17)25-20(23)22-19(24)11-15-6-5-13(2)14(3)10-15/h1,5-8,10,12H,9,11H2,2-3H3. The average molecular weight is 369 g/mol. The number of rotatable bonds is 3. The summed E-state index contributed by atoms with van der Waals surface area (Å²) in [5.74, 6) is 2.43. The molecule has 0 spiro atoms. The normalized spacial score (nSPS) is 11.7. The van der Waals surface area contributed by atoms with Crippen molar-refractivity contribution in [1.29, 1.82) is 0 Å². The number of halogens is 1. The smallest absolute Gasteiger partial charge is 0.252 e. The Hall–Kier alpha value is -2.35. The predicted octanol–water partition coefficient (Wildman–Crippen LogP) is 4.28. The molecule has 0 unspecified atom stereocenters. The van der Waals surface area contributed by atoms with E-state index in [4.69, 9.17) is 18.0 Å². The molecule has 3 aromatic rings. The molecule has 0 atom stereocenters. The number of nitrogens with zero attached hydrogens (tertiary/aromatic N) is 2. The van der Waals surface area contributed by atoms with Crippen molar-refractivity contribution in [2.24, 2.45) is 4.99 Å². The number of hydrogen-bond acceptors (Lipinski definition) is 2. The molecular formula is C20H17ClN2OS. The second-order valence-electron chi connectivity index (χ2n) is 5.89. The summed E-state index contributed by atoms with van der Waals surface area (Å²) in [6.45, 7) is 4.45. The number of benzene rings is 2. The number of fused-ring (bicyclic) bond motifs is 1. The van der Waals surface area contributed by atoms with Crippen molar-refractivity contribution >= 4 is 39.1 Å². The summed E-state index contributed by atoms with van der Waals surface area (Å²) in [5, 5.41) is 0.648. The van der Waals surface area contributed by atoms with Gasteiger partial charge in [0.2, 0.25) is 0 Å². The van der Waals surface area contributed by atoms with E-state index in [0.29, 0.717) is 16.4 Å². The second-order valence-corrected chi connectivity index (χ2v) is 7.33. The summed E-state index contributed by atoms with van der Waals surface area (Å²) < 4.78 is 2.83. The zero-order chi connectivity index (χ0) is 18.0. The van der Waals surface area contributed by atoms with Crippen molar-refractivity contribution in [3.8, 4) is 12.3 Å². The van der Waals surface area contributed by atoms with E-state index in [1.165, 1.54) is 22.5 Å². The molecule has 1 amide bonds. The Bertz CT molecular complexity index is 1070. The molecule has 0 aliphatic rings. The van der Waals surface area contributed by atoms with E-state index in [2.05, 4.69) is 17.8 Å². The third-order valence-electron chi connectivity index (χ3n) is 4.04. The Morgan fingerprint density at radius 2 is 2.04 bits per heavy atom. The summed E-state index contributed by atoms with van der Waals surface area (Å²) in [7, 11) is 0. The van der Waals surface area contributed by atoms with Crippen LogP contribution in [0.4, 0.5) is 0 Å². The van der Waals surface area contributed by atoms with Gasteiger partial charge in [-0.2, -0.15) is 4.99 Å². The minimum Gasteiger partial charge on any atom is -0.305 e. The summed E-state index contributed by atoms with van der Waals surface area (Å²) >= 11 is 7.48. The van der Waals surface area contributed by atoms with E-state index >= 15 is 0 Å². The van der Waals surface area contributed by atoms with Crippen LogP contribution in [0.25, 0.3) is 10.2 Å². The number of carbonyl (C=O) groups excluding carboxylic acids is 1. The first-order valence-electron chi connectivity index (χ1n) is 7.84. The highest BCUT2D eigenvalue weighted by molar-refractivity contribution is 7.16. The highest BCUT2D eigenvalue weighted by Crippen LogP contribution is 2.21. The number of aromatic nitrogens is 1. The van der Waals surface area contributed by atoms with Gasteiger partial charge in [-0.15, -0.1) is 6.42 Å². The molecule has 0 aliphatic heterocycles. The van der Waals surface area contributed by atoms with Gasteiger partial charge in [0.25, 0.3) is 5.91 Å². The van der Waals surface area contributed by atoms with Crippen molar-refractivity contribution in [3.63, 3.8) is 0 Å². The summed E-state index contributed by atoms with van der Waals surface area (Å²) in [4.78, 5) is 17.3. The van der Waals surface area contributed by atoms with Crippen LogP contribution in [0.15, 0.2) is 41.4 Å². The lowest BCUT2D eigenvalue weighted by Crippen LogP contribution is -2.17. The van der Waals surface area contributed by atoms with E-state index in [1.807, 2.05) is 47.9 Å². The van der Waals surface area contributed by atoms with Crippen LogP contribution in [0, 0.1) is 26.2 Å². The molecule has 3 nitrogen and oxygen atoms in total. The molecule has 0 bridgehead atoms. The lowest BCUT2D eigenvalue weighted by atomic mass is 10.0. The molecule has 3 rings (SSSR count). The minimum atomic E-state index is -0.188. The van der Waals surface area contributed by atoms with Gasteiger partial charge < -0.3 is 4.57 Å². The molecule has 1 aromatic heterocycles. The molecule has 25 heavy (non-hydrogen) atoms. The Kier molecular flexibility index (Phi) is 5.08. The Balaban J connectivity index is 1.99. The van der Waals surface area contributed by atoms with Crippen LogP contribution in [0.1, 0.15) is 16.7 Å². The van der Waals surface area contributed by atoms with Crippen molar-refractivity contribution in [2.75, 3.05) is 0 Å². The largest absolute Gasteiger partial charge is 0.305 e. The minimum absolute atomic E-state index is 0.188. The molecule has 1 heterocycles. The third kappa shape index (κ3) is 3.84. The summed E-state index contributed by atoms with van der Waals surface area (Å²) in [6, 6.07) is 11.6. The third-order valence-corrected chi connectivity index (χ3v) is 5.32. The van der Waals surface area contributed by atoms with Crippen LogP contribution in [0.3, 0.4) is 0 Å². The van der Waals surface area contributed by atoms with Gasteiger partial charge in [-0.25, -0.2) is 0 Å². The number of aryl methyl sites for hydroxylation is 2. The first-order chi connectivity index (χ1) is 12.0. The zero-order valence-corrected chi connectivity index (χ0v) is 15.6. The van der Waals surface area contributed by atoms with E-state index in [0.717, 1.165) is 15.8 Å². The molecule has 0 saturated heterocycles. The topological polar surface area (TPSA) is 34.4 Å². The predicted molar refractivity (Wildman–Crippen MR) is 104 cm³/mol. The van der Waals surface area contributed by atoms with E-state index in [9.17, 15) is 4.79 Å². The van der Waals surface area contributed by atoms with Crippen LogP contribution >= 0.6 is 22.9 Å². The highest BCUT2D eigenvalue weighted by Gasteiger charge is 2.09. The van der Waals surface area contributed by atoms with Gasteiger partial charge in [0.05, 0.1) is 23.2 Å². The maximum Gasteiger partial charge on any atom is 0.252 e. The molecule has 126 valence electrons. The van der Waals surface area contributed by atoms with Crippen LogP contribution in [-0.4, -0.2) is 10.5 Å². The first-order valence-corrected chi connectivity index (χ1v) is 9.03. The maximum atomic E-state index is 12.4.